The molecule has 1 fully saturated rings. The summed E-state index contributed by atoms with van der Waals surface area (Å²) in [6, 6.07) is 3.18. The lowest BCUT2D eigenvalue weighted by atomic mass is 9.93. The molecule has 0 atom stereocenters. The zero-order valence-corrected chi connectivity index (χ0v) is 11.8. The van der Waals surface area contributed by atoms with Crippen molar-refractivity contribution >= 4 is 5.69 Å². The number of ether oxygens (including phenoxy) is 1. The van der Waals surface area contributed by atoms with Crippen LogP contribution in [0, 0.1) is 24.0 Å². The van der Waals surface area contributed by atoms with Gasteiger partial charge in [0.2, 0.25) is 0 Å². The Hall–Kier alpha value is -1.66. The maximum Gasteiger partial charge on any atom is 0.276 e. The lowest BCUT2D eigenvalue weighted by molar-refractivity contribution is -0.385. The average Bonchev–Trinajstić information content (AvgIpc) is 2.38. The van der Waals surface area contributed by atoms with Gasteiger partial charge in [-0.1, -0.05) is 0 Å². The van der Waals surface area contributed by atoms with Gasteiger partial charge in [0.25, 0.3) is 5.69 Å². The van der Waals surface area contributed by atoms with E-state index >= 15 is 0 Å². The molecule has 1 aromatic rings. The molecule has 2 N–H and O–H groups in total. The maximum absolute atomic E-state index is 10.9. The molecule has 20 heavy (non-hydrogen) atoms. The fourth-order valence-electron chi connectivity index (χ4n) is 2.42. The van der Waals surface area contributed by atoms with Crippen LogP contribution in [0.3, 0.4) is 0 Å². The highest BCUT2D eigenvalue weighted by Crippen LogP contribution is 2.29. The zero-order chi connectivity index (χ0) is 14.8. The Morgan fingerprint density at radius 1 is 1.35 bits per heavy atom. The summed E-state index contributed by atoms with van der Waals surface area (Å²) < 4.78 is 5.64. The molecule has 6 heteroatoms. The molecule has 0 amide bonds. The lowest BCUT2D eigenvalue weighted by Crippen LogP contribution is -2.46. The van der Waals surface area contributed by atoms with E-state index in [1.54, 1.807) is 13.0 Å². The molecule has 0 bridgehead atoms. The predicted molar refractivity (Wildman–Crippen MR) is 75.1 cm³/mol. The summed E-state index contributed by atoms with van der Waals surface area (Å²) in [7, 11) is 0. The molecule has 0 aromatic heterocycles. The number of nitro groups is 1. The first-order valence-corrected chi connectivity index (χ1v) is 6.73. The van der Waals surface area contributed by atoms with Gasteiger partial charge in [0.1, 0.15) is 18.0 Å². The molecule has 0 saturated carbocycles. The molecular formula is C14H20N2O4. The van der Waals surface area contributed by atoms with Crippen molar-refractivity contribution < 1.29 is 14.8 Å². The van der Waals surface area contributed by atoms with E-state index in [-0.39, 0.29) is 12.3 Å². The van der Waals surface area contributed by atoms with Crippen molar-refractivity contribution in [2.45, 2.75) is 32.3 Å². The average molecular weight is 280 g/mol. The second-order valence-corrected chi connectivity index (χ2v) is 5.42. The van der Waals surface area contributed by atoms with Gasteiger partial charge in [-0.3, -0.25) is 10.1 Å². The van der Waals surface area contributed by atoms with Crippen LogP contribution < -0.4 is 10.1 Å². The number of hydrogen-bond acceptors (Lipinski definition) is 5. The van der Waals surface area contributed by atoms with Crippen molar-refractivity contribution in [1.29, 1.82) is 0 Å². The van der Waals surface area contributed by atoms with Gasteiger partial charge in [0, 0.05) is 5.56 Å². The predicted octanol–water partition coefficient (Wildman–Crippen LogP) is 1.70. The van der Waals surface area contributed by atoms with E-state index in [9.17, 15) is 15.2 Å². The van der Waals surface area contributed by atoms with Crippen LogP contribution in [0.2, 0.25) is 0 Å². The normalized spacial score (nSPS) is 17.8. The van der Waals surface area contributed by atoms with E-state index in [2.05, 4.69) is 5.32 Å². The van der Waals surface area contributed by atoms with E-state index < -0.39 is 10.5 Å². The molecule has 1 aromatic carbocycles. The van der Waals surface area contributed by atoms with Crippen LogP contribution in [0.15, 0.2) is 12.1 Å². The van der Waals surface area contributed by atoms with Crippen LogP contribution in [-0.4, -0.2) is 35.3 Å². The number of nitrogens with one attached hydrogen (secondary N) is 1. The third kappa shape index (κ3) is 3.26. The summed E-state index contributed by atoms with van der Waals surface area (Å²) >= 11 is 0. The van der Waals surface area contributed by atoms with Gasteiger partial charge in [-0.15, -0.1) is 0 Å². The zero-order valence-electron chi connectivity index (χ0n) is 11.8. The van der Waals surface area contributed by atoms with Crippen LogP contribution in [0.25, 0.3) is 0 Å². The molecule has 0 radical (unpaired) electrons. The Bertz CT molecular complexity index is 510. The summed E-state index contributed by atoms with van der Waals surface area (Å²) in [4.78, 5) is 10.5. The molecule has 6 nitrogen and oxygen atoms in total. The fourth-order valence-corrected chi connectivity index (χ4v) is 2.42. The third-order valence-corrected chi connectivity index (χ3v) is 3.72. The minimum Gasteiger partial charge on any atom is -0.490 e. The van der Waals surface area contributed by atoms with Gasteiger partial charge in [-0.05, 0) is 51.4 Å². The summed E-state index contributed by atoms with van der Waals surface area (Å²) in [5, 5.41) is 24.5. The van der Waals surface area contributed by atoms with E-state index in [1.807, 2.05) is 6.92 Å². The van der Waals surface area contributed by atoms with E-state index in [1.165, 1.54) is 6.07 Å². The number of aryl methyl sites for hydroxylation is 2. The Labute approximate surface area is 117 Å². The fraction of sp³-hybridized carbons (Fsp3) is 0.571. The summed E-state index contributed by atoms with van der Waals surface area (Å²) in [5.41, 5.74) is 0.645. The molecule has 1 saturated heterocycles. The van der Waals surface area contributed by atoms with Crippen molar-refractivity contribution in [3.8, 4) is 5.75 Å². The lowest BCUT2D eigenvalue weighted by Gasteiger charge is -2.32. The van der Waals surface area contributed by atoms with E-state index in [0.29, 0.717) is 24.2 Å². The largest absolute Gasteiger partial charge is 0.490 e. The SMILES string of the molecule is Cc1cc(C)c([N+](=O)[O-])cc1OCC1(O)CCNCC1. The van der Waals surface area contributed by atoms with Gasteiger partial charge >= 0.3 is 0 Å². The van der Waals surface area contributed by atoms with Crippen molar-refractivity contribution in [3.63, 3.8) is 0 Å². The maximum atomic E-state index is 10.9. The minimum atomic E-state index is -0.850. The van der Waals surface area contributed by atoms with Crippen molar-refractivity contribution in [2.24, 2.45) is 0 Å². The topological polar surface area (TPSA) is 84.6 Å². The van der Waals surface area contributed by atoms with Crippen LogP contribution >= 0.6 is 0 Å². The van der Waals surface area contributed by atoms with Crippen LogP contribution in [0.1, 0.15) is 24.0 Å². The van der Waals surface area contributed by atoms with Crippen molar-refractivity contribution in [2.75, 3.05) is 19.7 Å². The van der Waals surface area contributed by atoms with Crippen molar-refractivity contribution in [3.05, 3.63) is 33.4 Å². The molecule has 0 spiro atoms. The number of aliphatic hydroxyl groups is 1. The minimum absolute atomic E-state index is 0.0444. The Balaban J connectivity index is 2.12. The highest BCUT2D eigenvalue weighted by molar-refractivity contribution is 5.49. The monoisotopic (exact) mass is 280 g/mol. The molecule has 110 valence electrons. The van der Waals surface area contributed by atoms with E-state index in [4.69, 9.17) is 4.74 Å². The summed E-state index contributed by atoms with van der Waals surface area (Å²) in [5.74, 6) is 0.467. The summed E-state index contributed by atoms with van der Waals surface area (Å²) in [6.45, 7) is 5.23. The van der Waals surface area contributed by atoms with Crippen LogP contribution in [0.5, 0.6) is 5.75 Å². The van der Waals surface area contributed by atoms with Gasteiger partial charge < -0.3 is 15.2 Å². The van der Waals surface area contributed by atoms with Crippen molar-refractivity contribution in [1.82, 2.24) is 5.32 Å². The highest BCUT2D eigenvalue weighted by atomic mass is 16.6. The second-order valence-electron chi connectivity index (χ2n) is 5.42. The number of rotatable bonds is 4. The molecule has 2 rings (SSSR count). The Morgan fingerprint density at radius 3 is 2.60 bits per heavy atom. The first kappa shape index (κ1) is 14.7. The standard InChI is InChI=1S/C14H20N2O4/c1-10-7-11(2)13(8-12(10)16(18)19)20-9-14(17)3-5-15-6-4-14/h7-8,15,17H,3-6,9H2,1-2H3. The molecule has 0 aliphatic carbocycles. The molecular weight excluding hydrogens is 260 g/mol. The number of nitro benzene ring substituents is 1. The van der Waals surface area contributed by atoms with Gasteiger partial charge in [-0.2, -0.15) is 0 Å². The number of piperidine rings is 1. The molecule has 1 aliphatic rings. The first-order valence-electron chi connectivity index (χ1n) is 6.73. The quantitative estimate of drug-likeness (QED) is 0.648. The molecule has 1 heterocycles. The van der Waals surface area contributed by atoms with Crippen LogP contribution in [0.4, 0.5) is 5.69 Å². The number of benzene rings is 1. The molecule has 1 aliphatic heterocycles. The van der Waals surface area contributed by atoms with E-state index in [0.717, 1.165) is 18.7 Å². The van der Waals surface area contributed by atoms with Crippen LogP contribution in [-0.2, 0) is 0 Å². The van der Waals surface area contributed by atoms with Gasteiger partial charge in [-0.25, -0.2) is 0 Å². The second kappa shape index (κ2) is 5.76. The van der Waals surface area contributed by atoms with Gasteiger partial charge in [0.15, 0.2) is 0 Å². The third-order valence-electron chi connectivity index (χ3n) is 3.72. The highest BCUT2D eigenvalue weighted by Gasteiger charge is 2.30. The smallest absolute Gasteiger partial charge is 0.276 e. The Morgan fingerprint density at radius 2 is 2.00 bits per heavy atom. The van der Waals surface area contributed by atoms with Gasteiger partial charge in [0.05, 0.1) is 11.0 Å². The number of nitrogens with zero attached hydrogens (tertiary/aromatic N) is 1. The molecule has 0 unspecified atom stereocenters. The number of hydrogen-bond donors (Lipinski definition) is 2. The Kier molecular flexibility index (Phi) is 4.25. The first-order chi connectivity index (χ1) is 9.41. The summed E-state index contributed by atoms with van der Waals surface area (Å²) in [6.07, 6.45) is 1.25.